The highest BCUT2D eigenvalue weighted by molar-refractivity contribution is 6.08. The van der Waals surface area contributed by atoms with Gasteiger partial charge in [0.2, 0.25) is 11.4 Å². The zero-order chi connectivity index (χ0) is 47.1. The van der Waals surface area contributed by atoms with Gasteiger partial charge in [-0.25, -0.2) is 0 Å². The van der Waals surface area contributed by atoms with Crippen molar-refractivity contribution in [3.8, 4) is 0 Å². The number of fused-ring (bicyclic) bond motifs is 9. The van der Waals surface area contributed by atoms with Crippen LogP contribution in [0.3, 0.4) is 0 Å². The standard InChI is InChI=1S/C39H38N2O4.C18H19NO2.CH4.BrH/c1-38(2)32(40(24-22-34(42)43)30-20-18-26-12-8-10-14-28(26)36(30)38)16-6-5-7-17-33-39(3,4)37-29-15-11-9-13-27(29)19-21-31(37)41(33)25-23-35(44)45;1-12-18(2,3)17-14-7-5-4-6-13(14)8-9-15(17)19(12)11-10-16(20)21;;/h5-21H,22-25H2,1-4H3,(H-,42,43,44,45);4-9H,10-11H2,1-3H3;1H4;1H/p+1. The van der Waals surface area contributed by atoms with E-state index < -0.39 is 17.9 Å². The molecule has 0 radical (unpaired) electrons. The third-order valence-corrected chi connectivity index (χ3v) is 14.0. The number of carboxylic acids is 3. The Hall–Kier alpha value is -6.65. The summed E-state index contributed by atoms with van der Waals surface area (Å²) in [5.41, 5.74) is 9.57. The van der Waals surface area contributed by atoms with Gasteiger partial charge >= 0.3 is 17.9 Å². The number of hydrogen-bond acceptors (Lipinski definition) is 4. The Morgan fingerprint density at radius 2 is 1.00 bits per heavy atom. The molecule has 3 N–H and O–H groups in total. The van der Waals surface area contributed by atoms with Crippen molar-refractivity contribution in [2.24, 2.45) is 0 Å². The predicted molar refractivity (Wildman–Crippen MR) is 273 cm³/mol. The molecule has 352 valence electrons. The van der Waals surface area contributed by atoms with Crippen LogP contribution >= 0.6 is 0 Å². The van der Waals surface area contributed by atoms with Crippen LogP contribution in [0, 0.1) is 0 Å². The number of carboxylic acid groups (broad SMARTS) is 3. The van der Waals surface area contributed by atoms with Gasteiger partial charge in [0.15, 0.2) is 24.5 Å². The average molecular weight is 978 g/mol. The molecule has 3 aliphatic rings. The van der Waals surface area contributed by atoms with Crippen molar-refractivity contribution in [1.82, 2.24) is 0 Å². The van der Waals surface area contributed by atoms with Crippen LogP contribution in [-0.4, -0.2) is 73.4 Å². The fraction of sp³-hybridized carbons (Fsp3) is 0.293. The summed E-state index contributed by atoms with van der Waals surface area (Å²) >= 11 is 0. The normalized spacial score (nSPS) is 16.8. The molecule has 9 nitrogen and oxygen atoms in total. The first-order valence-electron chi connectivity index (χ1n) is 22.8. The van der Waals surface area contributed by atoms with Crippen molar-refractivity contribution >= 4 is 78.7 Å². The van der Waals surface area contributed by atoms with Crippen LogP contribution < -0.4 is 21.9 Å². The monoisotopic (exact) mass is 976 g/mol. The second-order valence-corrected chi connectivity index (χ2v) is 19.1. The summed E-state index contributed by atoms with van der Waals surface area (Å²) in [4.78, 5) is 36.2. The molecule has 0 aromatic heterocycles. The molecular formula is C58H63BrN3O6+. The van der Waals surface area contributed by atoms with Gasteiger partial charge in [-0.2, -0.15) is 9.15 Å². The van der Waals surface area contributed by atoms with Gasteiger partial charge in [0, 0.05) is 59.6 Å². The zero-order valence-electron chi connectivity index (χ0n) is 39.3. The fourth-order valence-electron chi connectivity index (χ4n) is 10.7. The van der Waals surface area contributed by atoms with Gasteiger partial charge in [0.05, 0.1) is 17.3 Å². The van der Waals surface area contributed by atoms with Gasteiger partial charge in [0.25, 0.3) is 0 Å². The van der Waals surface area contributed by atoms with E-state index in [1.54, 1.807) is 0 Å². The Morgan fingerprint density at radius 1 is 0.544 bits per heavy atom. The molecule has 0 saturated heterocycles. The Labute approximate surface area is 410 Å². The minimum Gasteiger partial charge on any atom is -1.00 e. The van der Waals surface area contributed by atoms with E-state index in [-0.39, 0.29) is 59.9 Å². The second kappa shape index (κ2) is 19.9. The van der Waals surface area contributed by atoms with Crippen molar-refractivity contribution in [3.63, 3.8) is 0 Å². The molecule has 0 amide bonds. The summed E-state index contributed by atoms with van der Waals surface area (Å²) in [6.07, 6.45) is 10.4. The van der Waals surface area contributed by atoms with Crippen LogP contribution in [0.25, 0.3) is 32.3 Å². The Balaban J connectivity index is 0.000000278. The molecule has 6 aromatic carbocycles. The molecule has 10 heteroatoms. The lowest BCUT2D eigenvalue weighted by molar-refractivity contribution is -0.438. The molecule has 0 aliphatic carbocycles. The molecule has 68 heavy (non-hydrogen) atoms. The van der Waals surface area contributed by atoms with Crippen LogP contribution in [0.1, 0.15) is 91.8 Å². The summed E-state index contributed by atoms with van der Waals surface area (Å²) in [7, 11) is 0. The maximum atomic E-state index is 11.6. The van der Waals surface area contributed by atoms with E-state index in [0.717, 1.165) is 28.5 Å². The molecule has 0 atom stereocenters. The van der Waals surface area contributed by atoms with E-state index in [0.29, 0.717) is 19.6 Å². The van der Waals surface area contributed by atoms with Crippen LogP contribution in [0.4, 0.5) is 17.1 Å². The molecule has 0 fully saturated rings. The summed E-state index contributed by atoms with van der Waals surface area (Å²) in [6.45, 7) is 16.6. The number of hydrogen-bond donors (Lipinski definition) is 3. The summed E-state index contributed by atoms with van der Waals surface area (Å²) in [5.74, 6) is -2.40. The second-order valence-electron chi connectivity index (χ2n) is 19.1. The number of aliphatic carboxylic acids is 3. The van der Waals surface area contributed by atoms with E-state index in [1.807, 2.05) is 30.4 Å². The SMILES string of the molecule is C.CC1(C)C(/C=C/C=C/C=C2/N(CCC(=O)O)c3ccc4ccccc4c3C2(C)C)=[N+](CCC(=O)O)c2ccc3ccccc3c21.CC1=[N+](CCC(=O)O)c2ccc3ccccc3c2C1(C)C.[Br-]. The van der Waals surface area contributed by atoms with Crippen molar-refractivity contribution in [3.05, 3.63) is 162 Å². The molecule has 0 unspecified atom stereocenters. The van der Waals surface area contributed by atoms with Crippen LogP contribution in [-0.2, 0) is 30.6 Å². The van der Waals surface area contributed by atoms with E-state index >= 15 is 0 Å². The Morgan fingerprint density at radius 3 is 1.53 bits per heavy atom. The average Bonchev–Trinajstić information content (AvgIpc) is 3.74. The van der Waals surface area contributed by atoms with E-state index in [9.17, 15) is 24.6 Å². The number of carbonyl (C=O) groups is 3. The van der Waals surface area contributed by atoms with Crippen LogP contribution in [0.5, 0.6) is 0 Å². The predicted octanol–water partition coefficient (Wildman–Crippen LogP) is 9.46. The van der Waals surface area contributed by atoms with Crippen LogP contribution in [0.2, 0.25) is 0 Å². The summed E-state index contributed by atoms with van der Waals surface area (Å²) < 4.78 is 4.31. The first-order chi connectivity index (χ1) is 31.4. The molecule has 0 spiro atoms. The first kappa shape index (κ1) is 50.8. The van der Waals surface area contributed by atoms with Gasteiger partial charge in [-0.1, -0.05) is 118 Å². The van der Waals surface area contributed by atoms with E-state index in [1.165, 1.54) is 54.7 Å². The molecule has 0 saturated carbocycles. The van der Waals surface area contributed by atoms with Crippen LogP contribution in [0.15, 0.2) is 145 Å². The lowest BCUT2D eigenvalue weighted by Gasteiger charge is -2.26. The Bertz CT molecular complexity index is 3130. The molecule has 6 aromatic rings. The minimum absolute atomic E-state index is 0. The first-order valence-corrected chi connectivity index (χ1v) is 22.8. The van der Waals surface area contributed by atoms with Gasteiger partial charge in [-0.15, -0.1) is 0 Å². The fourth-order valence-corrected chi connectivity index (χ4v) is 10.7. The lowest BCUT2D eigenvalue weighted by atomic mass is 9.79. The summed E-state index contributed by atoms with van der Waals surface area (Å²) in [6, 6.07) is 37.8. The smallest absolute Gasteiger partial charge is 0.309 e. The number of benzene rings is 6. The quantitative estimate of drug-likeness (QED) is 0.0826. The van der Waals surface area contributed by atoms with Crippen molar-refractivity contribution < 1.29 is 55.8 Å². The third kappa shape index (κ3) is 9.18. The number of rotatable bonds is 12. The van der Waals surface area contributed by atoms with Crippen molar-refractivity contribution in [2.75, 3.05) is 24.5 Å². The Kier molecular flexibility index (Phi) is 14.9. The third-order valence-electron chi connectivity index (χ3n) is 14.0. The number of nitrogens with zero attached hydrogens (tertiary/aromatic N) is 3. The summed E-state index contributed by atoms with van der Waals surface area (Å²) in [5, 5.41) is 35.2. The van der Waals surface area contributed by atoms with E-state index in [2.05, 4.69) is 172 Å². The number of halogens is 1. The highest BCUT2D eigenvalue weighted by atomic mass is 79.9. The van der Waals surface area contributed by atoms with Gasteiger partial charge in [-0.05, 0) is 89.9 Å². The van der Waals surface area contributed by atoms with Gasteiger partial charge in [0.1, 0.15) is 12.8 Å². The van der Waals surface area contributed by atoms with Crippen molar-refractivity contribution in [2.45, 2.75) is 91.4 Å². The number of allylic oxidation sites excluding steroid dienone is 6. The van der Waals surface area contributed by atoms with Crippen molar-refractivity contribution in [1.29, 1.82) is 0 Å². The number of anilines is 1. The highest BCUT2D eigenvalue weighted by Gasteiger charge is 2.46. The van der Waals surface area contributed by atoms with E-state index in [4.69, 9.17) is 5.11 Å². The minimum atomic E-state index is -0.822. The molecule has 3 aliphatic heterocycles. The molecule has 0 bridgehead atoms. The maximum Gasteiger partial charge on any atom is 0.309 e. The largest absolute Gasteiger partial charge is 1.00 e. The zero-order valence-corrected chi connectivity index (χ0v) is 40.9. The molecule has 9 rings (SSSR count). The molecule has 3 heterocycles. The topological polar surface area (TPSA) is 121 Å². The molecular weight excluding hydrogens is 915 g/mol. The lowest BCUT2D eigenvalue weighted by Crippen LogP contribution is -3.00. The maximum absolute atomic E-state index is 11.6. The van der Waals surface area contributed by atoms with Gasteiger partial charge < -0.3 is 37.2 Å². The van der Waals surface area contributed by atoms with Gasteiger partial charge in [-0.3, -0.25) is 14.4 Å². The highest BCUT2D eigenvalue weighted by Crippen LogP contribution is 2.51.